The number of aryl methyl sites for hydroxylation is 2. The molecular weight excluding hydrogens is 405 g/mol. The zero-order valence-corrected chi connectivity index (χ0v) is 15.9. The first-order valence-electron chi connectivity index (χ1n) is 7.94. The van der Waals surface area contributed by atoms with Gasteiger partial charge in [0.1, 0.15) is 5.76 Å². The second-order valence-electron chi connectivity index (χ2n) is 6.61. The van der Waals surface area contributed by atoms with Gasteiger partial charge in [0, 0.05) is 10.7 Å². The Labute approximate surface area is 150 Å². The minimum atomic E-state index is -0.608. The van der Waals surface area contributed by atoms with Gasteiger partial charge in [-0.15, -0.1) is 0 Å². The maximum absolute atomic E-state index is 12.6. The number of ether oxygens (including phenoxy) is 1. The van der Waals surface area contributed by atoms with E-state index in [9.17, 15) is 9.90 Å². The summed E-state index contributed by atoms with van der Waals surface area (Å²) in [4.78, 5) is 12.6. The zero-order chi connectivity index (χ0) is 16.8. The molecule has 1 fully saturated rings. The van der Waals surface area contributed by atoms with E-state index in [2.05, 4.69) is 27.9 Å². The second-order valence-corrected chi connectivity index (χ2v) is 7.86. The molecule has 5 heteroatoms. The van der Waals surface area contributed by atoms with Crippen LogP contribution in [-0.2, 0) is 9.53 Å². The molecule has 1 aromatic rings. The van der Waals surface area contributed by atoms with Gasteiger partial charge in [-0.1, -0.05) is 0 Å². The molecule has 0 radical (unpaired) electrons. The fourth-order valence-electron chi connectivity index (χ4n) is 3.90. The molecular formula is C18H22INO3. The van der Waals surface area contributed by atoms with Crippen LogP contribution in [0.1, 0.15) is 42.4 Å². The van der Waals surface area contributed by atoms with Crippen molar-refractivity contribution in [2.45, 2.75) is 51.2 Å². The maximum Gasteiger partial charge on any atom is 0.256 e. The summed E-state index contributed by atoms with van der Waals surface area (Å²) in [6.45, 7) is 3.98. The van der Waals surface area contributed by atoms with Crippen molar-refractivity contribution >= 4 is 34.1 Å². The van der Waals surface area contributed by atoms with Crippen molar-refractivity contribution in [1.29, 1.82) is 0 Å². The average Bonchev–Trinajstić information content (AvgIpc) is 2.72. The molecule has 4 nitrogen and oxygen atoms in total. The minimum absolute atomic E-state index is 0.161. The molecule has 3 rings (SSSR count). The van der Waals surface area contributed by atoms with Crippen molar-refractivity contribution < 1.29 is 14.6 Å². The number of halogens is 1. The summed E-state index contributed by atoms with van der Waals surface area (Å²) in [5.41, 5.74) is 2.75. The van der Waals surface area contributed by atoms with E-state index < -0.39 is 5.54 Å². The molecule has 124 valence electrons. The lowest BCUT2D eigenvalue weighted by atomic mass is 9.79. The third-order valence-corrected chi connectivity index (χ3v) is 5.76. The van der Waals surface area contributed by atoms with Crippen LogP contribution in [0.2, 0.25) is 0 Å². The summed E-state index contributed by atoms with van der Waals surface area (Å²) in [6, 6.07) is 4.09. The van der Waals surface area contributed by atoms with Crippen LogP contribution in [-0.4, -0.2) is 29.8 Å². The van der Waals surface area contributed by atoms with Gasteiger partial charge in [0.05, 0.1) is 17.2 Å². The van der Waals surface area contributed by atoms with E-state index in [0.29, 0.717) is 5.57 Å². The molecule has 2 aliphatic rings. The summed E-state index contributed by atoms with van der Waals surface area (Å²) in [5.74, 6) is 0.0511. The molecule has 2 N–H and O–H groups in total. The van der Waals surface area contributed by atoms with E-state index in [1.54, 1.807) is 7.11 Å². The summed E-state index contributed by atoms with van der Waals surface area (Å²) < 4.78 is 6.54. The van der Waals surface area contributed by atoms with Crippen LogP contribution in [0.15, 0.2) is 17.9 Å². The largest absolute Gasteiger partial charge is 0.509 e. The molecule has 1 heterocycles. The fourth-order valence-corrected chi connectivity index (χ4v) is 4.84. The molecule has 0 atom stereocenters. The lowest BCUT2D eigenvalue weighted by Gasteiger charge is -2.36. The van der Waals surface area contributed by atoms with Crippen LogP contribution in [0.3, 0.4) is 0 Å². The van der Waals surface area contributed by atoms with Crippen molar-refractivity contribution in [3.05, 3.63) is 38.2 Å². The number of hydrogen-bond donors (Lipinski definition) is 2. The SMILES string of the molecule is CO[C@H]1CC[C@]2(CC1)NC(=O)C(c1c(C)cc(I)cc1C)=C2O. The van der Waals surface area contributed by atoms with E-state index in [-0.39, 0.29) is 17.8 Å². The number of carbonyl (C=O) groups is 1. The molecule has 1 aliphatic carbocycles. The van der Waals surface area contributed by atoms with E-state index in [4.69, 9.17) is 4.74 Å². The Kier molecular flexibility index (Phi) is 4.44. The summed E-state index contributed by atoms with van der Waals surface area (Å²) in [7, 11) is 1.72. The van der Waals surface area contributed by atoms with Gasteiger partial charge in [-0.3, -0.25) is 4.79 Å². The standard InChI is InChI=1S/C18H22INO3/c1-10-8-12(19)9-11(2)14(10)15-16(21)18(20-17(15)22)6-4-13(23-3)5-7-18/h8-9,13,21H,4-7H2,1-3H3,(H,20,22)/t13-,18+. The highest BCUT2D eigenvalue weighted by atomic mass is 127. The molecule has 1 aliphatic heterocycles. The van der Waals surface area contributed by atoms with Crippen LogP contribution in [0, 0.1) is 17.4 Å². The molecule has 1 aromatic carbocycles. The first-order valence-corrected chi connectivity index (χ1v) is 9.02. The Morgan fingerprint density at radius 3 is 2.35 bits per heavy atom. The van der Waals surface area contributed by atoms with Crippen LogP contribution in [0.5, 0.6) is 0 Å². The highest BCUT2D eigenvalue weighted by Crippen LogP contribution is 2.43. The van der Waals surface area contributed by atoms with Crippen molar-refractivity contribution in [3.63, 3.8) is 0 Å². The number of rotatable bonds is 2. The van der Waals surface area contributed by atoms with Crippen molar-refractivity contribution in [2.24, 2.45) is 0 Å². The second kappa shape index (κ2) is 6.09. The highest BCUT2D eigenvalue weighted by molar-refractivity contribution is 14.1. The van der Waals surface area contributed by atoms with Gasteiger partial charge in [-0.2, -0.15) is 0 Å². The van der Waals surface area contributed by atoms with Gasteiger partial charge in [0.2, 0.25) is 0 Å². The number of nitrogens with one attached hydrogen (secondary N) is 1. The Morgan fingerprint density at radius 1 is 1.26 bits per heavy atom. The number of benzene rings is 1. The summed E-state index contributed by atoms with van der Waals surface area (Å²) in [5, 5.41) is 14.0. The quantitative estimate of drug-likeness (QED) is 0.709. The predicted octanol–water partition coefficient (Wildman–Crippen LogP) is 3.63. The van der Waals surface area contributed by atoms with Crippen LogP contribution in [0.4, 0.5) is 0 Å². The Bertz CT molecular complexity index is 665. The maximum atomic E-state index is 12.6. The fraction of sp³-hybridized carbons (Fsp3) is 0.500. The van der Waals surface area contributed by atoms with Gasteiger partial charge in [0.15, 0.2) is 0 Å². The van der Waals surface area contributed by atoms with Gasteiger partial charge >= 0.3 is 0 Å². The molecule has 1 saturated carbocycles. The number of aliphatic hydroxyl groups excluding tert-OH is 1. The molecule has 0 saturated heterocycles. The molecule has 0 bridgehead atoms. The third-order valence-electron chi connectivity index (χ3n) is 5.14. The van der Waals surface area contributed by atoms with Gasteiger partial charge < -0.3 is 15.2 Å². The van der Waals surface area contributed by atoms with E-state index >= 15 is 0 Å². The molecule has 23 heavy (non-hydrogen) atoms. The normalized spacial score (nSPS) is 27.7. The molecule has 0 aromatic heterocycles. The van der Waals surface area contributed by atoms with E-state index in [1.165, 1.54) is 0 Å². The zero-order valence-electron chi connectivity index (χ0n) is 13.7. The Hall–Kier alpha value is -1.08. The molecule has 1 amide bonds. The smallest absolute Gasteiger partial charge is 0.256 e. The monoisotopic (exact) mass is 427 g/mol. The summed E-state index contributed by atoms with van der Waals surface area (Å²) >= 11 is 2.27. The first-order chi connectivity index (χ1) is 10.9. The highest BCUT2D eigenvalue weighted by Gasteiger charge is 2.48. The third kappa shape index (κ3) is 2.78. The van der Waals surface area contributed by atoms with Crippen molar-refractivity contribution in [1.82, 2.24) is 5.32 Å². The van der Waals surface area contributed by atoms with Crippen LogP contribution in [0.25, 0.3) is 5.57 Å². The first kappa shape index (κ1) is 16.8. The minimum Gasteiger partial charge on any atom is -0.509 e. The van der Waals surface area contributed by atoms with E-state index in [0.717, 1.165) is 45.9 Å². The van der Waals surface area contributed by atoms with Crippen molar-refractivity contribution in [2.75, 3.05) is 7.11 Å². The number of carbonyl (C=O) groups excluding carboxylic acids is 1. The lowest BCUT2D eigenvalue weighted by molar-refractivity contribution is -0.116. The van der Waals surface area contributed by atoms with Crippen LogP contribution < -0.4 is 5.32 Å². The number of methoxy groups -OCH3 is 1. The van der Waals surface area contributed by atoms with Crippen LogP contribution >= 0.6 is 22.6 Å². The lowest BCUT2D eigenvalue weighted by Crippen LogP contribution is -2.48. The molecule has 1 spiro atoms. The Balaban J connectivity index is 2.04. The number of hydrogen-bond acceptors (Lipinski definition) is 3. The summed E-state index contributed by atoms with van der Waals surface area (Å²) in [6.07, 6.45) is 3.35. The predicted molar refractivity (Wildman–Crippen MR) is 98.3 cm³/mol. The number of amides is 1. The van der Waals surface area contributed by atoms with Gasteiger partial charge in [-0.25, -0.2) is 0 Å². The van der Waals surface area contributed by atoms with E-state index in [1.807, 2.05) is 26.0 Å². The van der Waals surface area contributed by atoms with Crippen molar-refractivity contribution in [3.8, 4) is 0 Å². The average molecular weight is 427 g/mol. The molecule has 0 unspecified atom stereocenters. The topological polar surface area (TPSA) is 58.6 Å². The van der Waals surface area contributed by atoms with Gasteiger partial charge in [-0.05, 0) is 90.9 Å². The van der Waals surface area contributed by atoms with Gasteiger partial charge in [0.25, 0.3) is 5.91 Å². The number of aliphatic hydroxyl groups is 1. The Morgan fingerprint density at radius 2 is 1.83 bits per heavy atom.